The fourth-order valence-electron chi connectivity index (χ4n) is 1.08. The number of rotatable bonds is 0. The first-order chi connectivity index (χ1) is 3.83. The summed E-state index contributed by atoms with van der Waals surface area (Å²) in [6.45, 7) is 8.15. The Morgan fingerprint density at radius 2 is 2.50 bits per heavy atom. The van der Waals surface area contributed by atoms with Crippen LogP contribution < -0.4 is 0 Å². The maximum absolute atomic E-state index is 3.58. The van der Waals surface area contributed by atoms with E-state index in [-0.39, 0.29) is 0 Å². The summed E-state index contributed by atoms with van der Waals surface area (Å²) in [7, 11) is 0. The molecule has 1 fully saturated rings. The lowest BCUT2D eigenvalue weighted by Crippen LogP contribution is -2.04. The summed E-state index contributed by atoms with van der Waals surface area (Å²) < 4.78 is 2.14. The molecule has 1 atom stereocenters. The first-order valence-corrected chi connectivity index (χ1v) is 3.10. The van der Waals surface area contributed by atoms with Crippen molar-refractivity contribution in [2.75, 3.05) is 13.1 Å². The molecule has 1 rings (SSSR count). The van der Waals surface area contributed by atoms with Crippen LogP contribution >= 0.6 is 0 Å². The third kappa shape index (κ3) is 0.988. The fraction of sp³-hybridized carbons (Fsp3) is 0.714. The quantitative estimate of drug-likeness (QED) is 0.407. The van der Waals surface area contributed by atoms with E-state index in [0.29, 0.717) is 0 Å². The van der Waals surface area contributed by atoms with Gasteiger partial charge in [0, 0.05) is 18.9 Å². The highest BCUT2D eigenvalue weighted by atomic mass is 15.0. The normalized spacial score (nSPS) is 28.1. The highest BCUT2D eigenvalue weighted by Gasteiger charge is 2.19. The van der Waals surface area contributed by atoms with E-state index in [2.05, 4.69) is 23.9 Å². The third-order valence-electron chi connectivity index (χ3n) is 1.65. The first-order valence-electron chi connectivity index (χ1n) is 3.10. The van der Waals surface area contributed by atoms with Crippen molar-refractivity contribution < 1.29 is 4.58 Å². The average Bonchev–Trinajstić information content (AvgIpc) is 2.14. The molecular weight excluding hydrogens is 98.1 g/mol. The van der Waals surface area contributed by atoms with Crippen molar-refractivity contribution in [1.82, 2.24) is 0 Å². The van der Waals surface area contributed by atoms with Crippen LogP contribution in [-0.4, -0.2) is 23.5 Å². The van der Waals surface area contributed by atoms with Crippen molar-refractivity contribution >= 4 is 5.87 Å². The largest absolute Gasteiger partial charge is 0.189 e. The van der Waals surface area contributed by atoms with E-state index in [9.17, 15) is 0 Å². The predicted molar refractivity (Wildman–Crippen MR) is 34.4 cm³/mol. The molecule has 0 amide bonds. The molecule has 0 bridgehead atoms. The van der Waals surface area contributed by atoms with Crippen LogP contribution in [0.2, 0.25) is 0 Å². The average molecular weight is 110 g/mol. The zero-order valence-corrected chi connectivity index (χ0v) is 5.35. The van der Waals surface area contributed by atoms with E-state index in [0.717, 1.165) is 19.0 Å². The van der Waals surface area contributed by atoms with E-state index >= 15 is 0 Å². The zero-order chi connectivity index (χ0) is 5.98. The van der Waals surface area contributed by atoms with Gasteiger partial charge in [0.15, 0.2) is 19.0 Å². The van der Waals surface area contributed by atoms with Crippen LogP contribution in [0, 0.1) is 5.92 Å². The molecular formula is C7H12N+. The Balaban J connectivity index is 2.56. The number of hydrogen-bond acceptors (Lipinski definition) is 0. The van der Waals surface area contributed by atoms with Gasteiger partial charge in [-0.2, -0.15) is 4.58 Å². The first kappa shape index (κ1) is 5.58. The third-order valence-corrected chi connectivity index (χ3v) is 1.65. The minimum atomic E-state index is 0.851. The Kier molecular flexibility index (Phi) is 1.50. The van der Waals surface area contributed by atoms with Gasteiger partial charge in [-0.25, -0.2) is 0 Å². The second-order valence-corrected chi connectivity index (χ2v) is 2.50. The second-order valence-electron chi connectivity index (χ2n) is 2.50. The molecule has 8 heavy (non-hydrogen) atoms. The standard InChI is InChI=1S/C7H12N/c1-3-8-5-4-7(2)6-8/h7H,1,4-6H2,2H3/q+1. The van der Waals surface area contributed by atoms with Crippen LogP contribution in [0.25, 0.3) is 0 Å². The molecule has 0 spiro atoms. The van der Waals surface area contributed by atoms with Crippen molar-refractivity contribution in [2.45, 2.75) is 13.3 Å². The van der Waals surface area contributed by atoms with Crippen LogP contribution in [0.3, 0.4) is 0 Å². The van der Waals surface area contributed by atoms with E-state index in [1.54, 1.807) is 0 Å². The smallest absolute Gasteiger partial charge is 0.159 e. The van der Waals surface area contributed by atoms with E-state index in [4.69, 9.17) is 0 Å². The molecule has 1 heteroatoms. The van der Waals surface area contributed by atoms with Gasteiger partial charge in [0.25, 0.3) is 0 Å². The molecule has 1 nitrogen and oxygen atoms in total. The molecule has 0 aromatic carbocycles. The molecule has 1 aliphatic heterocycles. The Morgan fingerprint density at radius 3 is 2.75 bits per heavy atom. The van der Waals surface area contributed by atoms with E-state index in [1.165, 1.54) is 6.42 Å². The fourth-order valence-corrected chi connectivity index (χ4v) is 1.08. The van der Waals surface area contributed by atoms with Crippen LogP contribution in [-0.2, 0) is 0 Å². The minimum absolute atomic E-state index is 0.851. The second kappa shape index (κ2) is 2.15. The lowest BCUT2D eigenvalue weighted by Gasteiger charge is -1.85. The topological polar surface area (TPSA) is 3.01 Å². The van der Waals surface area contributed by atoms with Gasteiger partial charge >= 0.3 is 0 Å². The van der Waals surface area contributed by atoms with Gasteiger partial charge < -0.3 is 0 Å². The van der Waals surface area contributed by atoms with Crippen molar-refractivity contribution in [3.05, 3.63) is 6.58 Å². The van der Waals surface area contributed by atoms with Gasteiger partial charge in [0.2, 0.25) is 0 Å². The van der Waals surface area contributed by atoms with Crippen molar-refractivity contribution in [3.63, 3.8) is 0 Å². The van der Waals surface area contributed by atoms with E-state index in [1.807, 2.05) is 0 Å². The Hall–Kier alpha value is -0.550. The summed E-state index contributed by atoms with van der Waals surface area (Å²) in [6.07, 6.45) is 1.31. The molecule has 0 aromatic rings. The van der Waals surface area contributed by atoms with Gasteiger partial charge in [-0.15, -0.1) is 0 Å². The van der Waals surface area contributed by atoms with Crippen LogP contribution in [0.5, 0.6) is 0 Å². The summed E-state index contributed by atoms with van der Waals surface area (Å²) in [6, 6.07) is 0. The summed E-state index contributed by atoms with van der Waals surface area (Å²) >= 11 is 0. The van der Waals surface area contributed by atoms with Crippen LogP contribution in [0.15, 0.2) is 6.58 Å². The van der Waals surface area contributed by atoms with Crippen LogP contribution in [0.4, 0.5) is 0 Å². The SMILES string of the molecule is C=C=[N+]1CCC(C)C1. The van der Waals surface area contributed by atoms with Gasteiger partial charge in [0.1, 0.15) is 0 Å². The highest BCUT2D eigenvalue weighted by molar-refractivity contribution is 5.39. The van der Waals surface area contributed by atoms with Crippen LogP contribution in [0.1, 0.15) is 13.3 Å². The van der Waals surface area contributed by atoms with Crippen molar-refractivity contribution in [2.24, 2.45) is 5.92 Å². The molecule has 0 N–H and O–H groups in total. The van der Waals surface area contributed by atoms with Gasteiger partial charge in [-0.3, -0.25) is 0 Å². The molecule has 0 radical (unpaired) electrons. The summed E-state index contributed by atoms with van der Waals surface area (Å²) in [5, 5.41) is 0. The van der Waals surface area contributed by atoms with Crippen molar-refractivity contribution in [3.8, 4) is 0 Å². The Labute approximate surface area is 50.3 Å². The number of hydrogen-bond donors (Lipinski definition) is 0. The molecule has 1 saturated heterocycles. The zero-order valence-electron chi connectivity index (χ0n) is 5.35. The van der Waals surface area contributed by atoms with Gasteiger partial charge in [-0.1, -0.05) is 6.92 Å². The molecule has 44 valence electrons. The maximum atomic E-state index is 3.58. The molecule has 0 aromatic heterocycles. The summed E-state index contributed by atoms with van der Waals surface area (Å²) in [5.41, 5.74) is 0. The monoisotopic (exact) mass is 110 g/mol. The molecule has 1 heterocycles. The van der Waals surface area contributed by atoms with Crippen molar-refractivity contribution in [1.29, 1.82) is 0 Å². The molecule has 0 saturated carbocycles. The summed E-state index contributed by atoms with van der Waals surface area (Å²) in [5.74, 6) is 3.73. The molecule has 1 unspecified atom stereocenters. The van der Waals surface area contributed by atoms with Gasteiger partial charge in [0.05, 0.1) is 0 Å². The lowest BCUT2D eigenvalue weighted by atomic mass is 10.2. The minimum Gasteiger partial charge on any atom is -0.189 e. The highest BCUT2D eigenvalue weighted by Crippen LogP contribution is 2.08. The Bertz CT molecular complexity index is 131. The van der Waals surface area contributed by atoms with E-state index < -0.39 is 0 Å². The van der Waals surface area contributed by atoms with Gasteiger partial charge in [-0.05, 0) is 0 Å². The predicted octanol–water partition coefficient (Wildman–Crippen LogP) is 0.894. The maximum Gasteiger partial charge on any atom is 0.159 e. The number of nitrogens with zero attached hydrogens (tertiary/aromatic N) is 1. The Morgan fingerprint density at radius 1 is 1.75 bits per heavy atom. The summed E-state index contributed by atoms with van der Waals surface area (Å²) in [4.78, 5) is 0. The molecule has 1 aliphatic rings. The molecule has 0 aliphatic carbocycles. The lowest BCUT2D eigenvalue weighted by molar-refractivity contribution is -0.501.